The van der Waals surface area contributed by atoms with Crippen LogP contribution in [0.4, 0.5) is 10.2 Å². The van der Waals surface area contributed by atoms with Crippen molar-refractivity contribution in [2.45, 2.75) is 13.0 Å². The molecule has 5 aromatic rings. The molecule has 0 saturated heterocycles. The maximum absolute atomic E-state index is 13.3. The lowest BCUT2D eigenvalue weighted by atomic mass is 10.1. The maximum Gasteiger partial charge on any atom is 0.157 e. The second-order valence-electron chi connectivity index (χ2n) is 6.93. The molecule has 0 aliphatic heterocycles. The molecular formula is C22H18FN7. The number of benzene rings is 2. The van der Waals surface area contributed by atoms with Gasteiger partial charge in [-0.15, -0.1) is 0 Å². The summed E-state index contributed by atoms with van der Waals surface area (Å²) in [6.07, 6.45) is 4.88. The van der Waals surface area contributed by atoms with E-state index in [9.17, 15) is 4.39 Å². The van der Waals surface area contributed by atoms with E-state index >= 15 is 0 Å². The van der Waals surface area contributed by atoms with Gasteiger partial charge in [0.2, 0.25) is 0 Å². The second kappa shape index (κ2) is 7.40. The second-order valence-corrected chi connectivity index (χ2v) is 6.93. The normalized spacial score (nSPS) is 12.2. The van der Waals surface area contributed by atoms with E-state index < -0.39 is 0 Å². The van der Waals surface area contributed by atoms with Gasteiger partial charge in [-0.25, -0.2) is 19.0 Å². The largest absolute Gasteiger partial charge is 0.363 e. The Balaban J connectivity index is 1.45. The Morgan fingerprint density at radius 3 is 2.50 bits per heavy atom. The number of fused-ring (bicyclic) bond motifs is 1. The van der Waals surface area contributed by atoms with Crippen LogP contribution in [0.3, 0.4) is 0 Å². The molecule has 1 N–H and O–H groups in total. The van der Waals surface area contributed by atoms with E-state index in [1.54, 1.807) is 33.9 Å². The summed E-state index contributed by atoms with van der Waals surface area (Å²) in [6.45, 7) is 2.08. The van der Waals surface area contributed by atoms with Crippen molar-refractivity contribution >= 4 is 11.5 Å². The summed E-state index contributed by atoms with van der Waals surface area (Å²) < 4.78 is 16.8. The van der Waals surface area contributed by atoms with Crippen LogP contribution < -0.4 is 5.32 Å². The summed E-state index contributed by atoms with van der Waals surface area (Å²) in [5, 5.41) is 12.0. The number of halogens is 1. The van der Waals surface area contributed by atoms with Gasteiger partial charge in [0.25, 0.3) is 0 Å². The van der Waals surface area contributed by atoms with Crippen LogP contribution in [0.1, 0.15) is 18.5 Å². The lowest BCUT2D eigenvalue weighted by Crippen LogP contribution is -2.11. The van der Waals surface area contributed by atoms with Crippen LogP contribution in [0.15, 0.2) is 79.5 Å². The molecule has 0 spiro atoms. The Labute approximate surface area is 171 Å². The minimum atomic E-state index is -0.273. The van der Waals surface area contributed by atoms with Gasteiger partial charge >= 0.3 is 0 Å². The molecule has 0 unspecified atom stereocenters. The summed E-state index contributed by atoms with van der Waals surface area (Å²) in [5.41, 5.74) is 4.36. The first kappa shape index (κ1) is 18.0. The Morgan fingerprint density at radius 1 is 0.967 bits per heavy atom. The van der Waals surface area contributed by atoms with Crippen molar-refractivity contribution in [1.29, 1.82) is 0 Å². The number of aromatic nitrogens is 6. The van der Waals surface area contributed by atoms with Gasteiger partial charge in [0.15, 0.2) is 5.65 Å². The molecule has 3 aromatic heterocycles. The first-order valence-electron chi connectivity index (χ1n) is 9.49. The molecule has 5 rings (SSSR count). The van der Waals surface area contributed by atoms with Crippen LogP contribution in [0, 0.1) is 5.82 Å². The highest BCUT2D eigenvalue weighted by molar-refractivity contribution is 5.66. The maximum atomic E-state index is 13.3. The molecule has 0 aliphatic rings. The Bertz CT molecular complexity index is 1280. The summed E-state index contributed by atoms with van der Waals surface area (Å²) in [6, 6.07) is 18.2. The van der Waals surface area contributed by atoms with E-state index in [0.29, 0.717) is 5.65 Å². The minimum Gasteiger partial charge on any atom is -0.363 e. The van der Waals surface area contributed by atoms with Gasteiger partial charge in [0, 0.05) is 23.7 Å². The summed E-state index contributed by atoms with van der Waals surface area (Å²) >= 11 is 0. The average Bonchev–Trinajstić information content (AvgIpc) is 3.46. The van der Waals surface area contributed by atoms with E-state index in [0.717, 1.165) is 28.3 Å². The van der Waals surface area contributed by atoms with Crippen molar-refractivity contribution in [3.63, 3.8) is 0 Å². The molecule has 7 nitrogen and oxygen atoms in total. The van der Waals surface area contributed by atoms with Crippen LogP contribution in [-0.2, 0) is 0 Å². The fraction of sp³-hybridized carbons (Fsp3) is 0.0909. The van der Waals surface area contributed by atoms with Crippen molar-refractivity contribution in [3.8, 4) is 16.9 Å². The highest BCUT2D eigenvalue weighted by Crippen LogP contribution is 2.26. The standard InChI is InChI=1S/C22H18FN7/c1-15(16-4-8-19(9-5-16)29-14-24-13-26-29)27-22-12-20(17-2-6-18(23)7-3-17)28-21-10-11-25-30(21)22/h2-15,27H,1H3/t15-/m1/s1. The number of anilines is 1. The van der Waals surface area contributed by atoms with Crippen molar-refractivity contribution in [1.82, 2.24) is 29.4 Å². The molecule has 1 atom stereocenters. The molecule has 8 heteroatoms. The molecule has 0 amide bonds. The highest BCUT2D eigenvalue weighted by Gasteiger charge is 2.12. The molecule has 2 aromatic carbocycles. The third-order valence-electron chi connectivity index (χ3n) is 4.94. The zero-order valence-corrected chi connectivity index (χ0v) is 16.1. The topological polar surface area (TPSA) is 72.9 Å². The molecule has 0 radical (unpaired) electrons. The molecule has 3 heterocycles. The molecule has 148 valence electrons. The average molecular weight is 399 g/mol. The number of hydrogen-bond donors (Lipinski definition) is 1. The van der Waals surface area contributed by atoms with Crippen molar-refractivity contribution < 1.29 is 4.39 Å². The molecule has 0 aliphatic carbocycles. The van der Waals surface area contributed by atoms with E-state index in [2.05, 4.69) is 44.5 Å². The smallest absolute Gasteiger partial charge is 0.157 e. The van der Waals surface area contributed by atoms with Gasteiger partial charge in [0.1, 0.15) is 24.3 Å². The van der Waals surface area contributed by atoms with Crippen LogP contribution >= 0.6 is 0 Å². The van der Waals surface area contributed by atoms with Crippen LogP contribution in [0.5, 0.6) is 0 Å². The lowest BCUT2D eigenvalue weighted by molar-refractivity contribution is 0.628. The van der Waals surface area contributed by atoms with E-state index in [-0.39, 0.29) is 11.9 Å². The molecule has 30 heavy (non-hydrogen) atoms. The summed E-state index contributed by atoms with van der Waals surface area (Å²) in [4.78, 5) is 8.62. The van der Waals surface area contributed by atoms with E-state index in [4.69, 9.17) is 0 Å². The lowest BCUT2D eigenvalue weighted by Gasteiger charge is -2.17. The van der Waals surface area contributed by atoms with Crippen LogP contribution in [0.25, 0.3) is 22.6 Å². The summed E-state index contributed by atoms with van der Waals surface area (Å²) in [5.74, 6) is 0.530. The molecule has 0 fully saturated rings. The van der Waals surface area contributed by atoms with Gasteiger partial charge in [-0.2, -0.15) is 14.7 Å². The van der Waals surface area contributed by atoms with Crippen LogP contribution in [-0.4, -0.2) is 29.4 Å². The van der Waals surface area contributed by atoms with Gasteiger partial charge in [-0.3, -0.25) is 0 Å². The molecule has 0 saturated carbocycles. The SMILES string of the molecule is C[C@@H](Nc1cc(-c2ccc(F)cc2)nc2ccnn12)c1ccc(-n2cncn2)cc1. The van der Waals surface area contributed by atoms with Crippen molar-refractivity contribution in [2.24, 2.45) is 0 Å². The van der Waals surface area contributed by atoms with E-state index in [1.807, 2.05) is 24.3 Å². The number of rotatable bonds is 5. The fourth-order valence-corrected chi connectivity index (χ4v) is 3.35. The van der Waals surface area contributed by atoms with Crippen molar-refractivity contribution in [2.75, 3.05) is 5.32 Å². The third-order valence-corrected chi connectivity index (χ3v) is 4.94. The minimum absolute atomic E-state index is 0.0191. The fourth-order valence-electron chi connectivity index (χ4n) is 3.35. The van der Waals surface area contributed by atoms with E-state index in [1.165, 1.54) is 18.5 Å². The first-order valence-corrected chi connectivity index (χ1v) is 9.49. The quantitative estimate of drug-likeness (QED) is 0.477. The molecular weight excluding hydrogens is 381 g/mol. The zero-order chi connectivity index (χ0) is 20.5. The van der Waals surface area contributed by atoms with Gasteiger partial charge in [-0.1, -0.05) is 12.1 Å². The first-order chi connectivity index (χ1) is 14.7. The Kier molecular flexibility index (Phi) is 4.44. The van der Waals surface area contributed by atoms with Crippen molar-refractivity contribution in [3.05, 3.63) is 90.9 Å². The number of hydrogen-bond acceptors (Lipinski definition) is 5. The Morgan fingerprint density at radius 2 is 1.77 bits per heavy atom. The van der Waals surface area contributed by atoms with Gasteiger partial charge in [0.05, 0.1) is 17.6 Å². The number of nitrogens with one attached hydrogen (secondary N) is 1. The van der Waals surface area contributed by atoms with Crippen LogP contribution in [0.2, 0.25) is 0 Å². The number of nitrogens with zero attached hydrogens (tertiary/aromatic N) is 6. The van der Waals surface area contributed by atoms with Gasteiger partial charge < -0.3 is 5.32 Å². The predicted molar refractivity (Wildman–Crippen MR) is 112 cm³/mol. The highest BCUT2D eigenvalue weighted by atomic mass is 19.1. The van der Waals surface area contributed by atoms with Gasteiger partial charge in [-0.05, 0) is 48.9 Å². The monoisotopic (exact) mass is 399 g/mol. The Hall–Kier alpha value is -4.07. The summed E-state index contributed by atoms with van der Waals surface area (Å²) in [7, 11) is 0. The zero-order valence-electron chi connectivity index (χ0n) is 16.1. The molecule has 0 bridgehead atoms. The third kappa shape index (κ3) is 3.39. The predicted octanol–water partition coefficient (Wildman–Crippen LogP) is 4.29.